The molecule has 8 heteroatoms. The zero-order valence-electron chi connectivity index (χ0n) is 16.9. The molecule has 2 rings (SSSR count). The number of amides is 1. The highest BCUT2D eigenvalue weighted by molar-refractivity contribution is 5.80. The van der Waals surface area contributed by atoms with E-state index in [1.54, 1.807) is 19.1 Å². The first-order valence-electron chi connectivity index (χ1n) is 9.40. The molecule has 0 spiro atoms. The van der Waals surface area contributed by atoms with Crippen molar-refractivity contribution in [1.82, 2.24) is 15.5 Å². The summed E-state index contributed by atoms with van der Waals surface area (Å²) >= 11 is 0. The van der Waals surface area contributed by atoms with Gasteiger partial charge in [-0.3, -0.25) is 0 Å². The molecule has 3 N–H and O–H groups in total. The SMILES string of the molecule is CCNC(=NCC(C)(O)c1ccco1)N1CCC(NC(=O)OC(C)(C)C)C1. The van der Waals surface area contributed by atoms with Gasteiger partial charge in [0.25, 0.3) is 0 Å². The van der Waals surface area contributed by atoms with Gasteiger partial charge in [-0.05, 0) is 53.2 Å². The summed E-state index contributed by atoms with van der Waals surface area (Å²) in [7, 11) is 0. The first kappa shape index (κ1) is 21.1. The number of likely N-dealkylation sites (tertiary alicyclic amines) is 1. The molecule has 2 unspecified atom stereocenters. The number of hydrogen-bond acceptors (Lipinski definition) is 5. The monoisotopic (exact) mass is 380 g/mol. The molecule has 1 amide bonds. The fraction of sp³-hybridized carbons (Fsp3) is 0.684. The van der Waals surface area contributed by atoms with Gasteiger partial charge in [-0.1, -0.05) is 0 Å². The third kappa shape index (κ3) is 6.46. The lowest BCUT2D eigenvalue weighted by molar-refractivity contribution is 0.0435. The number of aliphatic hydroxyl groups is 1. The van der Waals surface area contributed by atoms with Gasteiger partial charge >= 0.3 is 6.09 Å². The summed E-state index contributed by atoms with van der Waals surface area (Å²) in [4.78, 5) is 18.6. The number of carbonyl (C=O) groups excluding carboxylic acids is 1. The van der Waals surface area contributed by atoms with Crippen LogP contribution in [0.1, 0.15) is 46.8 Å². The van der Waals surface area contributed by atoms with E-state index < -0.39 is 17.3 Å². The van der Waals surface area contributed by atoms with Crippen LogP contribution in [-0.4, -0.2) is 59.9 Å². The maximum absolute atomic E-state index is 12.0. The molecule has 0 bridgehead atoms. The summed E-state index contributed by atoms with van der Waals surface area (Å²) < 4.78 is 10.6. The van der Waals surface area contributed by atoms with E-state index in [0.29, 0.717) is 24.8 Å². The van der Waals surface area contributed by atoms with Crippen molar-refractivity contribution in [2.75, 3.05) is 26.2 Å². The van der Waals surface area contributed by atoms with Crippen LogP contribution < -0.4 is 10.6 Å². The summed E-state index contributed by atoms with van der Waals surface area (Å²) in [6, 6.07) is 3.47. The Morgan fingerprint density at radius 1 is 1.44 bits per heavy atom. The van der Waals surface area contributed by atoms with Crippen molar-refractivity contribution in [1.29, 1.82) is 0 Å². The molecule has 1 aliphatic heterocycles. The van der Waals surface area contributed by atoms with Crippen LogP contribution in [0.25, 0.3) is 0 Å². The topological polar surface area (TPSA) is 99.3 Å². The van der Waals surface area contributed by atoms with E-state index in [-0.39, 0.29) is 12.6 Å². The minimum Gasteiger partial charge on any atom is -0.466 e. The molecular formula is C19H32N4O4. The Hall–Kier alpha value is -2.22. The molecule has 2 heterocycles. The highest BCUT2D eigenvalue weighted by atomic mass is 16.6. The van der Waals surface area contributed by atoms with Crippen molar-refractivity contribution in [3.05, 3.63) is 24.2 Å². The van der Waals surface area contributed by atoms with E-state index in [1.807, 2.05) is 27.7 Å². The molecule has 1 aromatic heterocycles. The van der Waals surface area contributed by atoms with Crippen LogP contribution in [-0.2, 0) is 10.3 Å². The first-order valence-corrected chi connectivity index (χ1v) is 9.40. The van der Waals surface area contributed by atoms with Gasteiger partial charge in [-0.15, -0.1) is 0 Å². The predicted molar refractivity (Wildman–Crippen MR) is 104 cm³/mol. The van der Waals surface area contributed by atoms with E-state index in [2.05, 4.69) is 20.5 Å². The Balaban J connectivity index is 1.96. The number of carbonyl (C=O) groups is 1. The Bertz CT molecular complexity index is 635. The number of hydrogen-bond donors (Lipinski definition) is 3. The van der Waals surface area contributed by atoms with Gasteiger partial charge in [0.2, 0.25) is 0 Å². The van der Waals surface area contributed by atoms with Gasteiger partial charge in [0.15, 0.2) is 5.96 Å². The number of furan rings is 1. The standard InChI is InChI=1S/C19H32N4O4/c1-6-20-16(21-13-19(5,25)15-8-7-11-26-15)23-10-9-14(12-23)22-17(24)27-18(2,3)4/h7-8,11,14,25H,6,9-10,12-13H2,1-5H3,(H,20,21)(H,22,24). The van der Waals surface area contributed by atoms with Gasteiger partial charge in [-0.25, -0.2) is 9.79 Å². The number of nitrogens with zero attached hydrogens (tertiary/aromatic N) is 2. The van der Waals surface area contributed by atoms with Crippen molar-refractivity contribution in [2.24, 2.45) is 4.99 Å². The lowest BCUT2D eigenvalue weighted by atomic mass is 10.0. The number of guanidine groups is 1. The minimum atomic E-state index is -1.18. The first-order chi connectivity index (χ1) is 12.6. The third-order valence-electron chi connectivity index (χ3n) is 4.13. The maximum atomic E-state index is 12.0. The highest BCUT2D eigenvalue weighted by Gasteiger charge is 2.30. The van der Waals surface area contributed by atoms with Crippen LogP contribution in [0.2, 0.25) is 0 Å². The van der Waals surface area contributed by atoms with E-state index in [0.717, 1.165) is 13.0 Å². The summed E-state index contributed by atoms with van der Waals surface area (Å²) in [6.07, 6.45) is 1.93. The quantitative estimate of drug-likeness (QED) is 0.534. The Morgan fingerprint density at radius 2 is 2.19 bits per heavy atom. The largest absolute Gasteiger partial charge is 0.466 e. The normalized spacial score (nSPS) is 20.3. The Kier molecular flexibility index (Phi) is 6.75. The fourth-order valence-electron chi connectivity index (χ4n) is 2.86. The average molecular weight is 380 g/mol. The Morgan fingerprint density at radius 3 is 2.78 bits per heavy atom. The van der Waals surface area contributed by atoms with Crippen molar-refractivity contribution in [3.63, 3.8) is 0 Å². The smallest absolute Gasteiger partial charge is 0.407 e. The number of nitrogens with one attached hydrogen (secondary N) is 2. The van der Waals surface area contributed by atoms with E-state index >= 15 is 0 Å². The van der Waals surface area contributed by atoms with Crippen LogP contribution in [0.15, 0.2) is 27.8 Å². The van der Waals surface area contributed by atoms with Crippen LogP contribution in [0.4, 0.5) is 4.79 Å². The lowest BCUT2D eigenvalue weighted by Gasteiger charge is -2.25. The van der Waals surface area contributed by atoms with Gasteiger partial charge in [0.1, 0.15) is 17.0 Å². The molecule has 1 fully saturated rings. The summed E-state index contributed by atoms with van der Waals surface area (Å²) in [5.74, 6) is 1.19. The van der Waals surface area contributed by atoms with Crippen LogP contribution in [0, 0.1) is 0 Å². The Labute approximate surface area is 161 Å². The lowest BCUT2D eigenvalue weighted by Crippen LogP contribution is -2.44. The van der Waals surface area contributed by atoms with E-state index in [1.165, 1.54) is 6.26 Å². The number of aliphatic imine (C=N–C) groups is 1. The van der Waals surface area contributed by atoms with Crippen LogP contribution in [0.3, 0.4) is 0 Å². The highest BCUT2D eigenvalue weighted by Crippen LogP contribution is 2.21. The molecule has 0 aromatic carbocycles. The second kappa shape index (κ2) is 8.65. The van der Waals surface area contributed by atoms with Crippen molar-refractivity contribution in [2.45, 2.75) is 58.3 Å². The van der Waals surface area contributed by atoms with Crippen molar-refractivity contribution >= 4 is 12.1 Å². The maximum Gasteiger partial charge on any atom is 0.407 e. The fourth-order valence-corrected chi connectivity index (χ4v) is 2.86. The summed E-state index contributed by atoms with van der Waals surface area (Å²) in [5.41, 5.74) is -1.70. The molecule has 2 atom stereocenters. The number of rotatable bonds is 5. The summed E-state index contributed by atoms with van der Waals surface area (Å²) in [5, 5.41) is 16.7. The van der Waals surface area contributed by atoms with Gasteiger partial charge in [0.05, 0.1) is 18.8 Å². The molecule has 0 saturated carbocycles. The molecule has 0 aliphatic carbocycles. The van der Waals surface area contributed by atoms with Crippen LogP contribution in [0.5, 0.6) is 0 Å². The third-order valence-corrected chi connectivity index (χ3v) is 4.13. The van der Waals surface area contributed by atoms with Gasteiger partial charge < -0.3 is 29.8 Å². The molecule has 1 aliphatic rings. The zero-order valence-corrected chi connectivity index (χ0v) is 16.9. The van der Waals surface area contributed by atoms with E-state index in [4.69, 9.17) is 9.15 Å². The molecular weight excluding hydrogens is 348 g/mol. The van der Waals surface area contributed by atoms with Gasteiger partial charge in [-0.2, -0.15) is 0 Å². The predicted octanol–water partition coefficient (Wildman–Crippen LogP) is 2.05. The minimum absolute atomic E-state index is 0.00529. The van der Waals surface area contributed by atoms with Crippen LogP contribution >= 0.6 is 0 Å². The molecule has 1 saturated heterocycles. The zero-order chi connectivity index (χ0) is 20.1. The molecule has 1 aromatic rings. The average Bonchev–Trinajstić information content (AvgIpc) is 3.21. The molecule has 0 radical (unpaired) electrons. The number of ether oxygens (including phenoxy) is 1. The van der Waals surface area contributed by atoms with Gasteiger partial charge in [0, 0.05) is 19.6 Å². The molecule has 8 nitrogen and oxygen atoms in total. The second-order valence-corrected chi connectivity index (χ2v) is 8.00. The summed E-state index contributed by atoms with van der Waals surface area (Å²) in [6.45, 7) is 11.5. The van der Waals surface area contributed by atoms with E-state index in [9.17, 15) is 9.90 Å². The molecule has 27 heavy (non-hydrogen) atoms. The number of alkyl carbamates (subject to hydrolysis) is 1. The second-order valence-electron chi connectivity index (χ2n) is 8.00. The molecule has 152 valence electrons. The van der Waals surface area contributed by atoms with Crippen molar-refractivity contribution in [3.8, 4) is 0 Å². The van der Waals surface area contributed by atoms with Crippen molar-refractivity contribution < 1.29 is 19.1 Å².